The topological polar surface area (TPSA) is 21.3 Å². The van der Waals surface area contributed by atoms with Gasteiger partial charge in [-0.25, -0.2) is 0 Å². The Hall–Kier alpha value is -1.28. The molecule has 0 radical (unpaired) electrons. The molecular weight excluding hydrogens is 222 g/mol. The van der Waals surface area contributed by atoms with Crippen molar-refractivity contribution in [1.29, 1.82) is 0 Å². The second-order valence-electron chi connectivity index (χ2n) is 4.91. The minimum atomic E-state index is 0.525. The molecular formula is C16H23NO. The SMILES string of the molecule is COc1cccc(CNC2/C=C/CCCCC2)c1. The van der Waals surface area contributed by atoms with E-state index in [1.807, 2.05) is 12.1 Å². The van der Waals surface area contributed by atoms with Crippen molar-refractivity contribution in [2.24, 2.45) is 0 Å². The third kappa shape index (κ3) is 4.19. The Kier molecular flexibility index (Phi) is 5.28. The van der Waals surface area contributed by atoms with Gasteiger partial charge in [-0.3, -0.25) is 0 Å². The number of methoxy groups -OCH3 is 1. The first kappa shape index (κ1) is 13.2. The molecule has 1 aliphatic carbocycles. The van der Waals surface area contributed by atoms with Gasteiger partial charge in [0.15, 0.2) is 0 Å². The van der Waals surface area contributed by atoms with Crippen molar-refractivity contribution in [2.45, 2.75) is 44.7 Å². The predicted octanol–water partition coefficient (Wildman–Crippen LogP) is 3.67. The highest BCUT2D eigenvalue weighted by molar-refractivity contribution is 5.28. The molecule has 0 saturated heterocycles. The van der Waals surface area contributed by atoms with E-state index in [-0.39, 0.29) is 0 Å². The van der Waals surface area contributed by atoms with E-state index in [9.17, 15) is 0 Å². The van der Waals surface area contributed by atoms with E-state index < -0.39 is 0 Å². The molecule has 1 aliphatic rings. The number of allylic oxidation sites excluding steroid dienone is 1. The lowest BCUT2D eigenvalue weighted by atomic mass is 10.0. The molecule has 0 amide bonds. The zero-order valence-electron chi connectivity index (χ0n) is 11.2. The number of hydrogen-bond acceptors (Lipinski definition) is 2. The second-order valence-corrected chi connectivity index (χ2v) is 4.91. The van der Waals surface area contributed by atoms with E-state index >= 15 is 0 Å². The van der Waals surface area contributed by atoms with Crippen molar-refractivity contribution in [3.05, 3.63) is 42.0 Å². The van der Waals surface area contributed by atoms with Crippen molar-refractivity contribution in [3.8, 4) is 5.75 Å². The van der Waals surface area contributed by atoms with E-state index in [2.05, 4.69) is 29.6 Å². The first-order valence-electron chi connectivity index (χ1n) is 6.91. The minimum absolute atomic E-state index is 0.525. The van der Waals surface area contributed by atoms with Gasteiger partial charge in [0.25, 0.3) is 0 Å². The Bertz CT molecular complexity index is 386. The summed E-state index contributed by atoms with van der Waals surface area (Å²) in [6.45, 7) is 0.909. The maximum Gasteiger partial charge on any atom is 0.119 e. The Morgan fingerprint density at radius 1 is 1.28 bits per heavy atom. The maximum atomic E-state index is 5.24. The van der Waals surface area contributed by atoms with Crippen molar-refractivity contribution in [3.63, 3.8) is 0 Å². The van der Waals surface area contributed by atoms with E-state index in [0.29, 0.717) is 6.04 Å². The molecule has 0 aromatic heterocycles. The maximum absolute atomic E-state index is 5.24. The third-order valence-corrected chi connectivity index (χ3v) is 3.46. The fourth-order valence-electron chi connectivity index (χ4n) is 2.36. The van der Waals surface area contributed by atoms with Gasteiger partial charge < -0.3 is 10.1 Å². The Balaban J connectivity index is 1.87. The average molecular weight is 245 g/mol. The van der Waals surface area contributed by atoms with Gasteiger partial charge in [-0.05, 0) is 37.0 Å². The standard InChI is InChI=1S/C16H23NO/c1-18-16-11-7-8-14(12-16)13-17-15-9-5-3-2-4-6-10-15/h5,7-9,11-12,15,17H,2-4,6,10,13H2,1H3/b9-5+. The molecule has 1 N–H and O–H groups in total. The molecule has 98 valence electrons. The fraction of sp³-hybridized carbons (Fsp3) is 0.500. The molecule has 0 heterocycles. The van der Waals surface area contributed by atoms with Gasteiger partial charge in [-0.1, -0.05) is 37.1 Å². The highest BCUT2D eigenvalue weighted by atomic mass is 16.5. The number of nitrogens with one attached hydrogen (secondary N) is 1. The summed E-state index contributed by atoms with van der Waals surface area (Å²) in [5.41, 5.74) is 1.28. The van der Waals surface area contributed by atoms with Crippen molar-refractivity contribution < 1.29 is 4.74 Å². The Morgan fingerprint density at radius 3 is 3.11 bits per heavy atom. The van der Waals surface area contributed by atoms with E-state index in [4.69, 9.17) is 4.74 Å². The zero-order valence-corrected chi connectivity index (χ0v) is 11.2. The van der Waals surface area contributed by atoms with Gasteiger partial charge in [-0.2, -0.15) is 0 Å². The van der Waals surface area contributed by atoms with Crippen LogP contribution in [0.2, 0.25) is 0 Å². The molecule has 0 bridgehead atoms. The molecule has 2 rings (SSSR count). The van der Waals surface area contributed by atoms with Gasteiger partial charge in [0.05, 0.1) is 7.11 Å². The van der Waals surface area contributed by atoms with Crippen LogP contribution < -0.4 is 10.1 Å². The van der Waals surface area contributed by atoms with Gasteiger partial charge in [0.2, 0.25) is 0 Å². The zero-order chi connectivity index (χ0) is 12.6. The molecule has 2 heteroatoms. The van der Waals surface area contributed by atoms with Gasteiger partial charge in [0.1, 0.15) is 5.75 Å². The lowest BCUT2D eigenvalue weighted by Crippen LogP contribution is -2.27. The molecule has 0 fully saturated rings. The van der Waals surface area contributed by atoms with Crippen LogP contribution in [0.5, 0.6) is 5.75 Å². The summed E-state index contributed by atoms with van der Waals surface area (Å²) in [4.78, 5) is 0. The monoisotopic (exact) mass is 245 g/mol. The van der Waals surface area contributed by atoms with Crippen molar-refractivity contribution >= 4 is 0 Å². The summed E-state index contributed by atoms with van der Waals surface area (Å²) in [5.74, 6) is 0.933. The Morgan fingerprint density at radius 2 is 2.22 bits per heavy atom. The minimum Gasteiger partial charge on any atom is -0.497 e. The highest BCUT2D eigenvalue weighted by Crippen LogP contribution is 2.14. The second kappa shape index (κ2) is 7.22. The van der Waals surface area contributed by atoms with Crippen LogP contribution in [0.25, 0.3) is 0 Å². The molecule has 0 saturated carbocycles. The van der Waals surface area contributed by atoms with Crippen LogP contribution in [-0.4, -0.2) is 13.2 Å². The van der Waals surface area contributed by atoms with E-state index in [1.54, 1.807) is 7.11 Å². The van der Waals surface area contributed by atoms with Crippen molar-refractivity contribution in [1.82, 2.24) is 5.32 Å². The highest BCUT2D eigenvalue weighted by Gasteiger charge is 2.06. The summed E-state index contributed by atoms with van der Waals surface area (Å²) in [5, 5.41) is 3.61. The normalized spacial score (nSPS) is 21.9. The van der Waals surface area contributed by atoms with E-state index in [1.165, 1.54) is 37.7 Å². The smallest absolute Gasteiger partial charge is 0.119 e. The number of benzene rings is 1. The number of rotatable bonds is 4. The van der Waals surface area contributed by atoms with Crippen LogP contribution >= 0.6 is 0 Å². The lowest BCUT2D eigenvalue weighted by molar-refractivity contribution is 0.413. The summed E-state index contributed by atoms with van der Waals surface area (Å²) in [6, 6.07) is 8.79. The number of hydrogen-bond donors (Lipinski definition) is 1. The fourth-order valence-corrected chi connectivity index (χ4v) is 2.36. The molecule has 1 unspecified atom stereocenters. The quantitative estimate of drug-likeness (QED) is 0.817. The molecule has 1 atom stereocenters. The third-order valence-electron chi connectivity index (χ3n) is 3.46. The van der Waals surface area contributed by atoms with Gasteiger partial charge in [-0.15, -0.1) is 0 Å². The lowest BCUT2D eigenvalue weighted by Gasteiger charge is -2.17. The summed E-state index contributed by atoms with van der Waals surface area (Å²) in [7, 11) is 1.71. The van der Waals surface area contributed by atoms with Crippen LogP contribution in [0.3, 0.4) is 0 Å². The summed E-state index contributed by atoms with van der Waals surface area (Å²) in [6.07, 6.45) is 11.2. The first-order valence-corrected chi connectivity index (χ1v) is 6.91. The van der Waals surface area contributed by atoms with Crippen LogP contribution in [0.1, 0.15) is 37.7 Å². The van der Waals surface area contributed by atoms with Crippen LogP contribution in [-0.2, 0) is 6.54 Å². The van der Waals surface area contributed by atoms with Crippen LogP contribution in [0.4, 0.5) is 0 Å². The largest absolute Gasteiger partial charge is 0.497 e. The van der Waals surface area contributed by atoms with Gasteiger partial charge >= 0.3 is 0 Å². The first-order chi connectivity index (χ1) is 8.88. The average Bonchev–Trinajstić information content (AvgIpc) is 2.38. The Labute approximate surface area is 110 Å². The van der Waals surface area contributed by atoms with Crippen LogP contribution in [0.15, 0.2) is 36.4 Å². The summed E-state index contributed by atoms with van der Waals surface area (Å²) >= 11 is 0. The molecule has 0 spiro atoms. The number of ether oxygens (including phenoxy) is 1. The molecule has 0 aliphatic heterocycles. The molecule has 18 heavy (non-hydrogen) atoms. The van der Waals surface area contributed by atoms with Crippen molar-refractivity contribution in [2.75, 3.05) is 7.11 Å². The predicted molar refractivity (Wildman–Crippen MR) is 75.8 cm³/mol. The van der Waals surface area contributed by atoms with E-state index in [0.717, 1.165) is 12.3 Å². The molecule has 1 aromatic rings. The molecule has 1 aromatic carbocycles. The molecule has 2 nitrogen and oxygen atoms in total. The van der Waals surface area contributed by atoms with Gasteiger partial charge in [0, 0.05) is 12.6 Å². The summed E-state index contributed by atoms with van der Waals surface area (Å²) < 4.78 is 5.24. The van der Waals surface area contributed by atoms with Crippen LogP contribution in [0, 0.1) is 0 Å².